The van der Waals surface area contributed by atoms with Gasteiger partial charge in [0.1, 0.15) is 5.82 Å². The van der Waals surface area contributed by atoms with Gasteiger partial charge in [-0.2, -0.15) is 8.78 Å². The number of hydrogen-bond donors (Lipinski definition) is 1. The number of benzene rings is 2. The average Bonchev–Trinajstić information content (AvgIpc) is 2.85. The summed E-state index contributed by atoms with van der Waals surface area (Å²) in [6.07, 6.45) is 0. The molecule has 2 aromatic carbocycles. The molecule has 0 radical (unpaired) electrons. The third kappa shape index (κ3) is 1.97. The van der Waals surface area contributed by atoms with E-state index in [9.17, 15) is 13.2 Å². The summed E-state index contributed by atoms with van der Waals surface area (Å²) < 4.78 is 41.7. The number of nitrogens with one attached hydrogen (secondary N) is 1. The van der Waals surface area contributed by atoms with Gasteiger partial charge in [-0.05, 0) is 42.8 Å². The minimum absolute atomic E-state index is 0.187. The number of aryl methyl sites for hydroxylation is 1. The molecular formula is C16H12F3N. The summed E-state index contributed by atoms with van der Waals surface area (Å²) in [7, 11) is 0. The quantitative estimate of drug-likeness (QED) is 0.694. The Morgan fingerprint density at radius 2 is 1.70 bits per heavy atom. The molecule has 3 rings (SSSR count). The Kier molecular flexibility index (Phi) is 2.82. The van der Waals surface area contributed by atoms with Crippen LogP contribution in [0.5, 0.6) is 0 Å². The Balaban J connectivity index is 2.13. The van der Waals surface area contributed by atoms with Crippen molar-refractivity contribution in [3.8, 4) is 0 Å². The normalized spacial score (nSPS) is 12.0. The molecule has 0 saturated heterocycles. The van der Waals surface area contributed by atoms with Crippen LogP contribution in [0.1, 0.15) is 16.8 Å². The molecule has 0 aliphatic rings. The predicted octanol–water partition coefficient (Wildman–Crippen LogP) is 4.76. The molecule has 0 unspecified atom stereocenters. The van der Waals surface area contributed by atoms with Crippen molar-refractivity contribution in [3.63, 3.8) is 0 Å². The second-order valence-corrected chi connectivity index (χ2v) is 4.80. The fourth-order valence-electron chi connectivity index (χ4n) is 2.29. The van der Waals surface area contributed by atoms with Crippen LogP contribution in [0.25, 0.3) is 10.9 Å². The molecule has 20 heavy (non-hydrogen) atoms. The van der Waals surface area contributed by atoms with Crippen LogP contribution in [0.2, 0.25) is 0 Å². The van der Waals surface area contributed by atoms with Gasteiger partial charge in [0.2, 0.25) is 0 Å². The lowest BCUT2D eigenvalue weighted by molar-refractivity contribution is 0.0387. The monoisotopic (exact) mass is 275 g/mol. The SMILES string of the molecule is Cc1cccc2cc(C(F)(F)c3ccc(F)cc3)[nH]c12. The highest BCUT2D eigenvalue weighted by Gasteiger charge is 2.35. The highest BCUT2D eigenvalue weighted by molar-refractivity contribution is 5.83. The van der Waals surface area contributed by atoms with Gasteiger partial charge in [0.25, 0.3) is 0 Å². The summed E-state index contributed by atoms with van der Waals surface area (Å²) in [6, 6.07) is 11.2. The van der Waals surface area contributed by atoms with Crippen LogP contribution >= 0.6 is 0 Å². The fraction of sp³-hybridized carbons (Fsp3) is 0.125. The number of fused-ring (bicyclic) bond motifs is 1. The van der Waals surface area contributed by atoms with Gasteiger partial charge in [-0.3, -0.25) is 0 Å². The van der Waals surface area contributed by atoms with Crippen LogP contribution in [0.4, 0.5) is 13.2 Å². The summed E-state index contributed by atoms with van der Waals surface area (Å²) in [4.78, 5) is 2.77. The molecule has 0 aliphatic heterocycles. The molecule has 0 spiro atoms. The summed E-state index contributed by atoms with van der Waals surface area (Å²) in [5.41, 5.74) is 1.18. The van der Waals surface area contributed by atoms with E-state index in [1.165, 1.54) is 6.07 Å². The molecule has 0 amide bonds. The van der Waals surface area contributed by atoms with Gasteiger partial charge in [0.05, 0.1) is 5.69 Å². The molecule has 0 atom stereocenters. The van der Waals surface area contributed by atoms with Crippen molar-refractivity contribution in [2.45, 2.75) is 12.8 Å². The Labute approximate surface area is 114 Å². The number of halogens is 3. The number of hydrogen-bond acceptors (Lipinski definition) is 0. The first-order chi connectivity index (χ1) is 9.48. The Hall–Kier alpha value is -2.23. The number of aromatic nitrogens is 1. The summed E-state index contributed by atoms with van der Waals surface area (Å²) in [5.74, 6) is -3.71. The number of para-hydroxylation sites is 1. The second kappa shape index (κ2) is 4.40. The van der Waals surface area contributed by atoms with E-state index < -0.39 is 11.7 Å². The van der Waals surface area contributed by atoms with Gasteiger partial charge in [0.15, 0.2) is 0 Å². The first-order valence-electron chi connectivity index (χ1n) is 6.21. The molecule has 1 N–H and O–H groups in total. The molecule has 0 bridgehead atoms. The molecule has 102 valence electrons. The zero-order valence-corrected chi connectivity index (χ0v) is 10.8. The fourth-order valence-corrected chi connectivity index (χ4v) is 2.29. The van der Waals surface area contributed by atoms with Crippen molar-refractivity contribution >= 4 is 10.9 Å². The highest BCUT2D eigenvalue weighted by atomic mass is 19.3. The van der Waals surface area contributed by atoms with E-state index in [1.54, 1.807) is 6.07 Å². The van der Waals surface area contributed by atoms with Crippen LogP contribution < -0.4 is 0 Å². The van der Waals surface area contributed by atoms with Crippen LogP contribution in [0, 0.1) is 12.7 Å². The van der Waals surface area contributed by atoms with Crippen LogP contribution in [0.3, 0.4) is 0 Å². The number of aromatic amines is 1. The number of alkyl halides is 2. The van der Waals surface area contributed by atoms with Crippen molar-refractivity contribution in [2.75, 3.05) is 0 Å². The third-order valence-electron chi connectivity index (χ3n) is 3.41. The first kappa shape index (κ1) is 12.8. The van der Waals surface area contributed by atoms with E-state index >= 15 is 0 Å². The maximum atomic E-state index is 14.4. The van der Waals surface area contributed by atoms with Gasteiger partial charge in [-0.1, -0.05) is 18.2 Å². The summed E-state index contributed by atoms with van der Waals surface area (Å²) in [6.45, 7) is 1.86. The summed E-state index contributed by atoms with van der Waals surface area (Å²) >= 11 is 0. The predicted molar refractivity (Wildman–Crippen MR) is 72.4 cm³/mol. The first-order valence-corrected chi connectivity index (χ1v) is 6.21. The molecule has 0 saturated carbocycles. The smallest absolute Gasteiger partial charge is 0.312 e. The van der Waals surface area contributed by atoms with E-state index in [4.69, 9.17) is 0 Å². The van der Waals surface area contributed by atoms with Crippen molar-refractivity contribution in [2.24, 2.45) is 0 Å². The number of H-pyrrole nitrogens is 1. The lowest BCUT2D eigenvalue weighted by atomic mass is 10.1. The minimum Gasteiger partial charge on any atom is -0.353 e. The molecule has 0 fully saturated rings. The molecule has 4 heteroatoms. The molecular weight excluding hydrogens is 263 g/mol. The van der Waals surface area contributed by atoms with Gasteiger partial charge in [-0.25, -0.2) is 4.39 Å². The van der Waals surface area contributed by atoms with E-state index in [1.807, 2.05) is 19.1 Å². The van der Waals surface area contributed by atoms with E-state index in [-0.39, 0.29) is 11.3 Å². The maximum absolute atomic E-state index is 14.4. The Morgan fingerprint density at radius 3 is 2.35 bits per heavy atom. The zero-order chi connectivity index (χ0) is 14.3. The van der Waals surface area contributed by atoms with E-state index in [2.05, 4.69) is 4.98 Å². The summed E-state index contributed by atoms with van der Waals surface area (Å²) in [5, 5.41) is 0.738. The zero-order valence-electron chi connectivity index (χ0n) is 10.8. The number of rotatable bonds is 2. The van der Waals surface area contributed by atoms with Gasteiger partial charge >= 0.3 is 5.92 Å². The largest absolute Gasteiger partial charge is 0.353 e. The second-order valence-electron chi connectivity index (χ2n) is 4.80. The topological polar surface area (TPSA) is 15.8 Å². The van der Waals surface area contributed by atoms with Crippen LogP contribution in [0.15, 0.2) is 48.5 Å². The van der Waals surface area contributed by atoms with Crippen molar-refractivity contribution < 1.29 is 13.2 Å². The average molecular weight is 275 g/mol. The van der Waals surface area contributed by atoms with Crippen LogP contribution in [-0.2, 0) is 5.92 Å². The lowest BCUT2D eigenvalue weighted by Gasteiger charge is -2.15. The Bertz CT molecular complexity index is 757. The standard InChI is InChI=1S/C16H12F3N/c1-10-3-2-4-11-9-14(20-15(10)11)16(18,19)12-5-7-13(17)8-6-12/h2-9,20H,1H3. The molecule has 3 aromatic rings. The molecule has 1 nitrogen and oxygen atoms in total. The minimum atomic E-state index is -3.18. The molecule has 0 aliphatic carbocycles. The maximum Gasteiger partial charge on any atom is 0.312 e. The van der Waals surface area contributed by atoms with Crippen molar-refractivity contribution in [1.29, 1.82) is 0 Å². The molecule has 1 aromatic heterocycles. The van der Waals surface area contributed by atoms with E-state index in [0.717, 1.165) is 35.2 Å². The van der Waals surface area contributed by atoms with Gasteiger partial charge in [0, 0.05) is 16.5 Å². The van der Waals surface area contributed by atoms with Gasteiger partial charge in [-0.15, -0.1) is 0 Å². The highest BCUT2D eigenvalue weighted by Crippen LogP contribution is 2.37. The van der Waals surface area contributed by atoms with Crippen molar-refractivity contribution in [3.05, 3.63) is 71.2 Å². The van der Waals surface area contributed by atoms with Gasteiger partial charge < -0.3 is 4.98 Å². The van der Waals surface area contributed by atoms with E-state index in [0.29, 0.717) is 5.52 Å². The van der Waals surface area contributed by atoms with Crippen LogP contribution in [-0.4, -0.2) is 4.98 Å². The Morgan fingerprint density at radius 1 is 1.00 bits per heavy atom. The third-order valence-corrected chi connectivity index (χ3v) is 3.41. The molecule has 1 heterocycles. The van der Waals surface area contributed by atoms with Crippen molar-refractivity contribution in [1.82, 2.24) is 4.98 Å². The lowest BCUT2D eigenvalue weighted by Crippen LogP contribution is -2.15.